The number of hydrogen-bond acceptors (Lipinski definition) is 1. The number of fused-ring (bicyclic) bond motifs is 3. The van der Waals surface area contributed by atoms with Gasteiger partial charge in [-0.15, -0.1) is 0 Å². The summed E-state index contributed by atoms with van der Waals surface area (Å²) in [6, 6.07) is 10.5. The Morgan fingerprint density at radius 3 is 2.32 bits per heavy atom. The van der Waals surface area contributed by atoms with Crippen LogP contribution in [0, 0.1) is 6.92 Å². The van der Waals surface area contributed by atoms with E-state index < -0.39 is 0 Å². The smallest absolute Gasteiger partial charge is 0.140 e. The average Bonchev–Trinajstić information content (AvgIpc) is 2.85. The second-order valence-corrected chi connectivity index (χ2v) is 3.94. The minimum atomic E-state index is 1.06. The lowest BCUT2D eigenvalue weighted by Gasteiger charge is -2.03. The minimum Gasteiger partial charge on any atom is -0.336 e. The van der Waals surface area contributed by atoms with Gasteiger partial charge >= 0.3 is 0 Å². The van der Waals surface area contributed by atoms with E-state index in [-0.39, 0.29) is 0 Å². The number of hydrogen-bond donors (Lipinski definition) is 0. The van der Waals surface area contributed by atoms with E-state index in [0.29, 0.717) is 0 Å². The number of rotatable bonds is 0. The summed E-state index contributed by atoms with van der Waals surface area (Å²) < 4.78 is 2.06. The molecule has 1 aromatic rings. The molecular formula is C17H24N2. The van der Waals surface area contributed by atoms with Gasteiger partial charge in [-0.05, 0) is 24.6 Å². The van der Waals surface area contributed by atoms with Crippen LogP contribution in [0.4, 0.5) is 0 Å². The van der Waals surface area contributed by atoms with Crippen molar-refractivity contribution in [3.63, 3.8) is 0 Å². The molecule has 0 N–H and O–H groups in total. The summed E-state index contributed by atoms with van der Waals surface area (Å²) >= 11 is 0. The van der Waals surface area contributed by atoms with Crippen LogP contribution >= 0.6 is 0 Å². The van der Waals surface area contributed by atoms with Crippen molar-refractivity contribution in [3.8, 4) is 11.4 Å². The van der Waals surface area contributed by atoms with Gasteiger partial charge in [0.05, 0.1) is 5.52 Å². The molecule has 0 saturated heterocycles. The van der Waals surface area contributed by atoms with Crippen molar-refractivity contribution in [3.05, 3.63) is 42.1 Å². The van der Waals surface area contributed by atoms with Gasteiger partial charge in [0, 0.05) is 24.2 Å². The maximum atomic E-state index is 4.68. The summed E-state index contributed by atoms with van der Waals surface area (Å²) in [6.45, 7) is 10.1. The Bertz CT molecular complexity index is 608. The zero-order valence-corrected chi connectivity index (χ0v) is 12.9. The number of pyridine rings is 1. The monoisotopic (exact) mass is 256 g/mol. The van der Waals surface area contributed by atoms with Crippen LogP contribution in [0.15, 0.2) is 36.5 Å². The Hall–Kier alpha value is -1.83. The molecule has 2 nitrogen and oxygen atoms in total. The van der Waals surface area contributed by atoms with Crippen molar-refractivity contribution >= 4 is 10.9 Å². The summed E-state index contributed by atoms with van der Waals surface area (Å²) in [5, 5.41) is 1.25. The standard InChI is InChI=1S/C13H12N2.2C2H6/c1-9-5-3-6-10-11-7-4-8-15(2)13(11)14-12(9)10;2*1-2/h3-8H,1-2H3;2*1-2H3. The SMILES string of the molecule is CC.CC.Cc1cccc2c3cccn(C)c-3nc12. The molecular weight excluding hydrogens is 232 g/mol. The normalized spacial score (nSPS) is 9.58. The third-order valence-corrected chi connectivity index (χ3v) is 2.89. The molecule has 19 heavy (non-hydrogen) atoms. The molecule has 0 radical (unpaired) electrons. The topological polar surface area (TPSA) is 17.8 Å². The highest BCUT2D eigenvalue weighted by Crippen LogP contribution is 2.31. The summed E-state index contributed by atoms with van der Waals surface area (Å²) in [4.78, 5) is 4.68. The Morgan fingerprint density at radius 2 is 1.63 bits per heavy atom. The fourth-order valence-corrected chi connectivity index (χ4v) is 2.08. The van der Waals surface area contributed by atoms with Crippen LogP contribution in [0.5, 0.6) is 0 Å². The molecule has 2 heterocycles. The van der Waals surface area contributed by atoms with Crippen molar-refractivity contribution in [2.24, 2.45) is 7.05 Å². The van der Waals surface area contributed by atoms with Crippen LogP contribution < -0.4 is 0 Å². The molecule has 0 atom stereocenters. The molecule has 3 rings (SSSR count). The van der Waals surface area contributed by atoms with Gasteiger partial charge in [0.1, 0.15) is 5.82 Å². The fraction of sp³-hybridized carbons (Fsp3) is 0.353. The number of benzene rings is 1. The molecule has 0 amide bonds. The fourth-order valence-electron chi connectivity index (χ4n) is 2.08. The van der Waals surface area contributed by atoms with Crippen molar-refractivity contribution in [2.45, 2.75) is 34.6 Å². The van der Waals surface area contributed by atoms with E-state index in [2.05, 4.69) is 46.8 Å². The maximum Gasteiger partial charge on any atom is 0.140 e. The third kappa shape index (κ3) is 2.78. The van der Waals surface area contributed by atoms with E-state index in [0.717, 1.165) is 11.3 Å². The summed E-state index contributed by atoms with van der Waals surface area (Å²) in [5.74, 6) is 1.06. The second-order valence-electron chi connectivity index (χ2n) is 3.94. The molecule has 0 saturated carbocycles. The van der Waals surface area contributed by atoms with Crippen LogP contribution in [0.25, 0.3) is 22.3 Å². The molecule has 1 aromatic carbocycles. The van der Waals surface area contributed by atoms with E-state index in [1.807, 2.05) is 40.9 Å². The molecule has 0 aliphatic carbocycles. The van der Waals surface area contributed by atoms with Gasteiger partial charge in [0.25, 0.3) is 0 Å². The van der Waals surface area contributed by atoms with Gasteiger partial charge in [0.2, 0.25) is 0 Å². The molecule has 102 valence electrons. The first-order valence-electron chi connectivity index (χ1n) is 7.08. The van der Waals surface area contributed by atoms with Crippen molar-refractivity contribution in [1.82, 2.24) is 9.55 Å². The van der Waals surface area contributed by atoms with Gasteiger partial charge in [0.15, 0.2) is 0 Å². The number of para-hydroxylation sites is 1. The van der Waals surface area contributed by atoms with E-state index in [1.54, 1.807) is 0 Å². The molecule has 0 fully saturated rings. The Balaban J connectivity index is 0.000000415. The maximum absolute atomic E-state index is 4.68. The lowest BCUT2D eigenvalue weighted by molar-refractivity contribution is 0.893. The first-order chi connectivity index (χ1) is 9.27. The number of aromatic nitrogens is 2. The zero-order chi connectivity index (χ0) is 14.4. The van der Waals surface area contributed by atoms with E-state index >= 15 is 0 Å². The summed E-state index contributed by atoms with van der Waals surface area (Å²) in [5.41, 5.74) is 3.59. The predicted octanol–water partition coefficient (Wildman–Crippen LogP) is 5.04. The predicted molar refractivity (Wildman–Crippen MR) is 84.8 cm³/mol. The Kier molecular flexibility index (Phi) is 5.56. The van der Waals surface area contributed by atoms with Crippen LogP contribution in [0.2, 0.25) is 0 Å². The molecule has 2 aliphatic heterocycles. The lowest BCUT2D eigenvalue weighted by atomic mass is 10.1. The van der Waals surface area contributed by atoms with Crippen molar-refractivity contribution in [1.29, 1.82) is 0 Å². The molecule has 2 heteroatoms. The average molecular weight is 256 g/mol. The first-order valence-corrected chi connectivity index (χ1v) is 7.08. The Morgan fingerprint density at radius 1 is 0.947 bits per heavy atom. The molecule has 0 bridgehead atoms. The quantitative estimate of drug-likeness (QED) is 0.551. The second kappa shape index (κ2) is 6.93. The minimum absolute atomic E-state index is 1.06. The first kappa shape index (κ1) is 15.2. The van der Waals surface area contributed by atoms with Gasteiger partial charge in [-0.1, -0.05) is 45.9 Å². The Labute approximate surface area is 116 Å². The van der Waals surface area contributed by atoms with Crippen molar-refractivity contribution in [2.75, 3.05) is 0 Å². The highest BCUT2D eigenvalue weighted by atomic mass is 15.0. The van der Waals surface area contributed by atoms with E-state index in [4.69, 9.17) is 0 Å². The van der Waals surface area contributed by atoms with Crippen molar-refractivity contribution < 1.29 is 0 Å². The van der Waals surface area contributed by atoms with E-state index in [1.165, 1.54) is 16.5 Å². The molecule has 0 spiro atoms. The largest absolute Gasteiger partial charge is 0.336 e. The highest BCUT2D eigenvalue weighted by molar-refractivity contribution is 5.97. The highest BCUT2D eigenvalue weighted by Gasteiger charge is 2.13. The van der Waals surface area contributed by atoms with Gasteiger partial charge in [-0.3, -0.25) is 0 Å². The third-order valence-electron chi connectivity index (χ3n) is 2.89. The number of aryl methyl sites for hydroxylation is 2. The molecule has 2 aliphatic rings. The van der Waals surface area contributed by atoms with Crippen LogP contribution in [0.3, 0.4) is 0 Å². The summed E-state index contributed by atoms with van der Waals surface area (Å²) in [7, 11) is 2.03. The molecule has 0 aromatic heterocycles. The van der Waals surface area contributed by atoms with Gasteiger partial charge in [-0.25, -0.2) is 4.98 Å². The lowest BCUT2D eigenvalue weighted by Crippen LogP contribution is -1.94. The molecule has 0 unspecified atom stereocenters. The summed E-state index contributed by atoms with van der Waals surface area (Å²) in [6.07, 6.45) is 2.03. The number of nitrogens with zero attached hydrogens (tertiary/aromatic N) is 2. The van der Waals surface area contributed by atoms with E-state index in [9.17, 15) is 0 Å². The van der Waals surface area contributed by atoms with Crippen LogP contribution in [0.1, 0.15) is 33.3 Å². The van der Waals surface area contributed by atoms with Crippen LogP contribution in [-0.4, -0.2) is 9.55 Å². The zero-order valence-electron chi connectivity index (χ0n) is 12.9. The van der Waals surface area contributed by atoms with Crippen LogP contribution in [-0.2, 0) is 7.05 Å². The van der Waals surface area contributed by atoms with Gasteiger partial charge < -0.3 is 4.57 Å². The van der Waals surface area contributed by atoms with Gasteiger partial charge in [-0.2, -0.15) is 0 Å².